The van der Waals surface area contributed by atoms with Crippen molar-refractivity contribution < 1.29 is 0 Å². The van der Waals surface area contributed by atoms with Crippen LogP contribution in [0.1, 0.15) is 0 Å². The first-order chi connectivity index (χ1) is 16.3. The molecule has 33 heavy (non-hydrogen) atoms. The Balaban J connectivity index is 1.57. The van der Waals surface area contributed by atoms with Crippen molar-refractivity contribution >= 4 is 64.9 Å². The van der Waals surface area contributed by atoms with Crippen LogP contribution in [-0.2, 0) is 0 Å². The molecule has 0 aliphatic heterocycles. The summed E-state index contributed by atoms with van der Waals surface area (Å²) in [6, 6.07) is 39.0. The van der Waals surface area contributed by atoms with E-state index < -0.39 is 0 Å². The van der Waals surface area contributed by atoms with Crippen LogP contribution in [0.2, 0.25) is 5.02 Å². The molecule has 0 bridgehead atoms. The molecule has 2 heterocycles. The van der Waals surface area contributed by atoms with Gasteiger partial charge in [-0.2, -0.15) is 0 Å². The van der Waals surface area contributed by atoms with E-state index in [1.165, 1.54) is 58.8 Å². The van der Waals surface area contributed by atoms with Gasteiger partial charge < -0.3 is 4.57 Å². The van der Waals surface area contributed by atoms with E-state index in [9.17, 15) is 0 Å². The van der Waals surface area contributed by atoms with E-state index in [0.29, 0.717) is 0 Å². The van der Waals surface area contributed by atoms with E-state index in [-0.39, 0.29) is 0 Å². The van der Waals surface area contributed by atoms with Gasteiger partial charge in [0.25, 0.3) is 0 Å². The fourth-order valence-corrected chi connectivity index (χ4v) is 6.19. The lowest BCUT2D eigenvalue weighted by Crippen LogP contribution is -1.93. The Hall–Kier alpha value is -3.59. The van der Waals surface area contributed by atoms with Crippen molar-refractivity contribution in [2.24, 2.45) is 0 Å². The fourth-order valence-electron chi connectivity index (χ4n) is 4.93. The summed E-state index contributed by atoms with van der Waals surface area (Å²) in [6.45, 7) is 0. The van der Waals surface area contributed by atoms with Crippen LogP contribution in [-0.4, -0.2) is 4.57 Å². The monoisotopic (exact) mass is 459 g/mol. The van der Waals surface area contributed by atoms with Gasteiger partial charge in [-0.15, -0.1) is 11.3 Å². The molecule has 3 heteroatoms. The molecular weight excluding hydrogens is 442 g/mol. The average Bonchev–Trinajstić information content (AvgIpc) is 3.39. The summed E-state index contributed by atoms with van der Waals surface area (Å²) >= 11 is 8.27. The van der Waals surface area contributed by atoms with Gasteiger partial charge in [0, 0.05) is 41.7 Å². The minimum atomic E-state index is 0.757. The molecule has 2 aromatic heterocycles. The number of nitrogens with zero attached hydrogens (tertiary/aromatic N) is 1. The smallest absolute Gasteiger partial charge is 0.0547 e. The van der Waals surface area contributed by atoms with Gasteiger partial charge in [0.05, 0.1) is 11.0 Å². The van der Waals surface area contributed by atoms with E-state index in [4.69, 9.17) is 11.6 Å². The van der Waals surface area contributed by atoms with Crippen LogP contribution >= 0.6 is 22.9 Å². The number of rotatable bonds is 2. The van der Waals surface area contributed by atoms with Crippen molar-refractivity contribution in [3.8, 4) is 16.8 Å². The lowest BCUT2D eigenvalue weighted by Gasteiger charge is -2.10. The molecule has 0 unspecified atom stereocenters. The quantitative estimate of drug-likeness (QED) is 0.242. The number of halogens is 1. The van der Waals surface area contributed by atoms with E-state index in [0.717, 1.165) is 5.02 Å². The first-order valence-corrected chi connectivity index (χ1v) is 12.2. The van der Waals surface area contributed by atoms with Crippen LogP contribution in [0.5, 0.6) is 0 Å². The molecule has 7 rings (SSSR count). The number of aromatic nitrogens is 1. The van der Waals surface area contributed by atoms with Gasteiger partial charge >= 0.3 is 0 Å². The molecule has 0 spiro atoms. The molecule has 0 radical (unpaired) electrons. The third-order valence-electron chi connectivity index (χ3n) is 6.45. The van der Waals surface area contributed by atoms with Crippen LogP contribution in [0.15, 0.2) is 109 Å². The lowest BCUT2D eigenvalue weighted by molar-refractivity contribution is 1.19. The molecule has 0 amide bonds. The highest BCUT2D eigenvalue weighted by Crippen LogP contribution is 2.39. The minimum Gasteiger partial charge on any atom is -0.309 e. The maximum absolute atomic E-state index is 6.42. The summed E-state index contributed by atoms with van der Waals surface area (Å²) in [5, 5.41) is 5.76. The van der Waals surface area contributed by atoms with Gasteiger partial charge in [0.2, 0.25) is 0 Å². The number of hydrogen-bond donors (Lipinski definition) is 0. The van der Waals surface area contributed by atoms with Gasteiger partial charge in [-0.1, -0.05) is 72.3 Å². The van der Waals surface area contributed by atoms with Crippen LogP contribution in [0.3, 0.4) is 0 Å². The molecule has 0 fully saturated rings. The van der Waals surface area contributed by atoms with Crippen molar-refractivity contribution in [1.29, 1.82) is 0 Å². The molecule has 156 valence electrons. The van der Waals surface area contributed by atoms with Gasteiger partial charge in [-0.3, -0.25) is 0 Å². The molecule has 0 atom stereocenters. The van der Waals surface area contributed by atoms with E-state index in [2.05, 4.69) is 108 Å². The zero-order valence-electron chi connectivity index (χ0n) is 17.6. The van der Waals surface area contributed by atoms with Gasteiger partial charge in [0.15, 0.2) is 0 Å². The number of benzene rings is 5. The first-order valence-electron chi connectivity index (χ1n) is 11.0. The highest BCUT2D eigenvalue weighted by atomic mass is 35.5. The van der Waals surface area contributed by atoms with E-state index in [1.54, 1.807) is 0 Å². The molecular formula is C30H18ClNS. The number of fused-ring (bicyclic) bond motifs is 6. The van der Waals surface area contributed by atoms with E-state index in [1.807, 2.05) is 17.4 Å². The van der Waals surface area contributed by atoms with Crippen molar-refractivity contribution in [2.75, 3.05) is 0 Å². The van der Waals surface area contributed by atoms with Crippen LogP contribution < -0.4 is 0 Å². The highest BCUT2D eigenvalue weighted by Gasteiger charge is 2.15. The summed E-state index contributed by atoms with van der Waals surface area (Å²) in [5.74, 6) is 0. The second-order valence-corrected chi connectivity index (χ2v) is 9.89. The predicted octanol–water partition coefficient (Wildman–Crippen LogP) is 9.47. The zero-order chi connectivity index (χ0) is 21.9. The van der Waals surface area contributed by atoms with Crippen molar-refractivity contribution in [2.45, 2.75) is 0 Å². The summed E-state index contributed by atoms with van der Waals surface area (Å²) in [6.07, 6.45) is 0. The summed E-state index contributed by atoms with van der Waals surface area (Å²) in [4.78, 5) is 0. The third-order valence-corrected chi connectivity index (χ3v) is 7.84. The topological polar surface area (TPSA) is 4.93 Å². The Kier molecular flexibility index (Phi) is 4.14. The molecule has 5 aromatic carbocycles. The molecule has 0 saturated heterocycles. The van der Waals surface area contributed by atoms with Crippen LogP contribution in [0, 0.1) is 0 Å². The Morgan fingerprint density at radius 1 is 0.515 bits per heavy atom. The molecule has 0 saturated carbocycles. The Labute approximate surface area is 200 Å². The lowest BCUT2D eigenvalue weighted by atomic mass is 10.0. The van der Waals surface area contributed by atoms with Gasteiger partial charge in [0.1, 0.15) is 0 Å². The predicted molar refractivity (Wildman–Crippen MR) is 144 cm³/mol. The minimum absolute atomic E-state index is 0.757. The molecule has 1 nitrogen and oxygen atoms in total. The largest absolute Gasteiger partial charge is 0.309 e. The normalized spacial score (nSPS) is 11.8. The first kappa shape index (κ1) is 18.9. The van der Waals surface area contributed by atoms with Crippen molar-refractivity contribution in [3.63, 3.8) is 0 Å². The van der Waals surface area contributed by atoms with Crippen LogP contribution in [0.4, 0.5) is 0 Å². The molecule has 7 aromatic rings. The SMILES string of the molecule is Clc1ccc2c(c1)c1ccc(-c3ccccc3)cc1n2-c1ccc2sc3ccccc3c2c1. The standard InChI is InChI=1S/C30H18ClNS/c31-21-11-14-27-25(17-21)23-13-10-20(19-6-2-1-3-7-19)16-28(23)32(27)22-12-15-30-26(18-22)24-8-4-5-9-29(24)33-30/h1-18H. The fraction of sp³-hybridized carbons (Fsp3) is 0. The third kappa shape index (κ3) is 2.92. The van der Waals surface area contributed by atoms with E-state index >= 15 is 0 Å². The summed E-state index contributed by atoms with van der Waals surface area (Å²) in [5.41, 5.74) is 5.94. The maximum Gasteiger partial charge on any atom is 0.0547 e. The Morgan fingerprint density at radius 2 is 1.33 bits per heavy atom. The number of thiophene rings is 1. The summed E-state index contributed by atoms with van der Waals surface area (Å²) < 4.78 is 5.01. The van der Waals surface area contributed by atoms with Gasteiger partial charge in [-0.05, 0) is 59.7 Å². The summed E-state index contributed by atoms with van der Waals surface area (Å²) in [7, 11) is 0. The second kappa shape index (κ2) is 7.21. The number of hydrogen-bond acceptors (Lipinski definition) is 1. The van der Waals surface area contributed by atoms with Crippen molar-refractivity contribution in [3.05, 3.63) is 114 Å². The molecule has 0 aliphatic rings. The Bertz CT molecular complexity index is 1830. The average molecular weight is 460 g/mol. The molecule has 0 N–H and O–H groups in total. The highest BCUT2D eigenvalue weighted by molar-refractivity contribution is 7.25. The van der Waals surface area contributed by atoms with Gasteiger partial charge in [-0.25, -0.2) is 0 Å². The molecule has 0 aliphatic carbocycles. The Morgan fingerprint density at radius 3 is 2.24 bits per heavy atom. The maximum atomic E-state index is 6.42. The van der Waals surface area contributed by atoms with Crippen LogP contribution in [0.25, 0.3) is 58.8 Å². The second-order valence-electron chi connectivity index (χ2n) is 8.37. The van der Waals surface area contributed by atoms with Crippen molar-refractivity contribution in [1.82, 2.24) is 4.57 Å². The zero-order valence-corrected chi connectivity index (χ0v) is 19.2.